The third-order valence-corrected chi connectivity index (χ3v) is 4.19. The summed E-state index contributed by atoms with van der Waals surface area (Å²) in [5, 5.41) is 0.808. The van der Waals surface area contributed by atoms with Gasteiger partial charge in [-0.2, -0.15) is 0 Å². The smallest absolute Gasteiger partial charge is 0.339 e. The molecule has 0 amide bonds. The Labute approximate surface area is 149 Å². The number of hydrogen-bond donors (Lipinski definition) is 1. The molecule has 0 radical (unpaired) electrons. The fraction of sp³-hybridized carbons (Fsp3) is 0.294. The van der Waals surface area contributed by atoms with Gasteiger partial charge in [0.25, 0.3) is 0 Å². The Hall–Kier alpha value is -1.98. The number of nitrogens with one attached hydrogen (secondary N) is 1. The van der Waals surface area contributed by atoms with Crippen molar-refractivity contribution in [3.05, 3.63) is 50.8 Å². The number of aromatic nitrogens is 1. The summed E-state index contributed by atoms with van der Waals surface area (Å²) in [5.74, 6) is -0.479. The largest absolute Gasteiger partial charge is 0.481 e. The van der Waals surface area contributed by atoms with Gasteiger partial charge in [0.15, 0.2) is 6.10 Å². The van der Waals surface area contributed by atoms with Crippen molar-refractivity contribution < 1.29 is 19.1 Å². The molecular formula is C17H17Cl2NO4. The van der Waals surface area contributed by atoms with E-state index in [0.29, 0.717) is 38.3 Å². The summed E-state index contributed by atoms with van der Waals surface area (Å²) in [6.45, 7) is 4.99. The number of carbonyl (C=O) groups is 2. The number of rotatable bonds is 5. The minimum absolute atomic E-state index is 0.304. The highest BCUT2D eigenvalue weighted by atomic mass is 35.5. The standard InChI is InChI=1S/C17H17Cl2NO4/c1-8-14(17(22)23-4)9(2)20-15(8)16(21)10(3)24-13-7-11(18)5-6-12(13)19/h5-7,10,20H,1-4H3/t10-/m0/s1. The lowest BCUT2D eigenvalue weighted by atomic mass is 10.1. The van der Waals surface area contributed by atoms with Crippen molar-refractivity contribution in [1.82, 2.24) is 4.98 Å². The van der Waals surface area contributed by atoms with Crippen molar-refractivity contribution in [2.45, 2.75) is 26.9 Å². The SMILES string of the molecule is COC(=O)c1c(C)[nH]c(C(=O)[C@H](C)Oc2cc(Cl)ccc2Cl)c1C. The Morgan fingerprint density at radius 2 is 1.88 bits per heavy atom. The number of H-pyrrole nitrogens is 1. The second kappa shape index (κ2) is 7.28. The molecule has 0 aliphatic rings. The molecule has 1 aromatic carbocycles. The van der Waals surface area contributed by atoms with Gasteiger partial charge in [-0.15, -0.1) is 0 Å². The normalized spacial score (nSPS) is 11.9. The van der Waals surface area contributed by atoms with Crippen LogP contribution in [0, 0.1) is 13.8 Å². The van der Waals surface area contributed by atoms with Crippen LogP contribution in [0.4, 0.5) is 0 Å². The monoisotopic (exact) mass is 369 g/mol. The van der Waals surface area contributed by atoms with Gasteiger partial charge in [-0.3, -0.25) is 4.79 Å². The van der Waals surface area contributed by atoms with Crippen LogP contribution in [0.2, 0.25) is 10.0 Å². The summed E-state index contributed by atoms with van der Waals surface area (Å²) in [6.07, 6.45) is -0.816. The number of esters is 1. The number of methoxy groups -OCH3 is 1. The van der Waals surface area contributed by atoms with E-state index in [1.165, 1.54) is 7.11 Å². The number of aryl methyl sites for hydroxylation is 1. The Bertz CT molecular complexity index is 798. The topological polar surface area (TPSA) is 68.4 Å². The van der Waals surface area contributed by atoms with Crippen LogP contribution in [-0.4, -0.2) is 30.0 Å². The van der Waals surface area contributed by atoms with Gasteiger partial charge in [-0.05, 0) is 38.5 Å². The molecule has 24 heavy (non-hydrogen) atoms. The van der Waals surface area contributed by atoms with E-state index in [1.54, 1.807) is 39.0 Å². The van der Waals surface area contributed by atoms with E-state index in [1.807, 2.05) is 0 Å². The number of Topliss-reactive ketones (excluding diaryl/α,β-unsaturated/α-hetero) is 1. The molecular weight excluding hydrogens is 353 g/mol. The number of halogens is 2. The summed E-state index contributed by atoms with van der Waals surface area (Å²) in [7, 11) is 1.29. The van der Waals surface area contributed by atoms with Crippen molar-refractivity contribution in [3.8, 4) is 5.75 Å². The quantitative estimate of drug-likeness (QED) is 0.627. The highest BCUT2D eigenvalue weighted by Gasteiger charge is 2.26. The molecule has 0 unspecified atom stereocenters. The molecule has 1 heterocycles. The maximum Gasteiger partial charge on any atom is 0.339 e. The summed E-state index contributed by atoms with van der Waals surface area (Å²) in [6, 6.07) is 4.76. The highest BCUT2D eigenvalue weighted by molar-refractivity contribution is 6.34. The average molecular weight is 370 g/mol. The van der Waals surface area contributed by atoms with Crippen molar-refractivity contribution in [2.75, 3.05) is 7.11 Å². The van der Waals surface area contributed by atoms with Gasteiger partial charge in [0.05, 0.1) is 23.4 Å². The Morgan fingerprint density at radius 3 is 2.50 bits per heavy atom. The van der Waals surface area contributed by atoms with E-state index in [9.17, 15) is 9.59 Å². The van der Waals surface area contributed by atoms with Crippen molar-refractivity contribution >= 4 is 35.0 Å². The van der Waals surface area contributed by atoms with Crippen LogP contribution < -0.4 is 4.74 Å². The first kappa shape index (κ1) is 18.4. The van der Waals surface area contributed by atoms with Gasteiger partial charge in [0.2, 0.25) is 5.78 Å². The number of benzene rings is 1. The minimum Gasteiger partial charge on any atom is -0.481 e. The van der Waals surface area contributed by atoms with E-state index in [2.05, 4.69) is 4.98 Å². The van der Waals surface area contributed by atoms with Crippen LogP contribution in [-0.2, 0) is 4.74 Å². The van der Waals surface area contributed by atoms with E-state index < -0.39 is 12.1 Å². The van der Waals surface area contributed by atoms with Crippen LogP contribution in [0.15, 0.2) is 18.2 Å². The zero-order valence-electron chi connectivity index (χ0n) is 13.7. The van der Waals surface area contributed by atoms with Gasteiger partial charge in [0, 0.05) is 16.8 Å². The molecule has 0 aliphatic heterocycles. The van der Waals surface area contributed by atoms with Gasteiger partial charge in [0.1, 0.15) is 5.75 Å². The molecule has 2 rings (SSSR count). The van der Waals surface area contributed by atoms with Crippen molar-refractivity contribution in [2.24, 2.45) is 0 Å². The number of carbonyl (C=O) groups excluding carboxylic acids is 2. The van der Waals surface area contributed by atoms with E-state index in [4.69, 9.17) is 32.7 Å². The molecule has 5 nitrogen and oxygen atoms in total. The Morgan fingerprint density at radius 1 is 1.21 bits per heavy atom. The van der Waals surface area contributed by atoms with E-state index in [-0.39, 0.29) is 5.78 Å². The van der Waals surface area contributed by atoms with Crippen LogP contribution in [0.1, 0.15) is 39.0 Å². The molecule has 2 aromatic rings. The van der Waals surface area contributed by atoms with Gasteiger partial charge in [-0.1, -0.05) is 23.2 Å². The number of ketones is 1. The zero-order chi connectivity index (χ0) is 18.0. The predicted octanol–water partition coefficient (Wildman–Crippen LogP) is 4.38. The summed E-state index contributed by atoms with van der Waals surface area (Å²) >= 11 is 12.0. The molecule has 0 saturated heterocycles. The number of ether oxygens (including phenoxy) is 2. The molecule has 0 aliphatic carbocycles. The number of aromatic amines is 1. The van der Waals surface area contributed by atoms with Crippen LogP contribution >= 0.6 is 23.2 Å². The lowest BCUT2D eigenvalue weighted by Gasteiger charge is -2.15. The first-order valence-electron chi connectivity index (χ1n) is 7.19. The van der Waals surface area contributed by atoms with Crippen LogP contribution in [0.25, 0.3) is 0 Å². The predicted molar refractivity (Wildman–Crippen MR) is 92.5 cm³/mol. The molecule has 0 spiro atoms. The molecule has 7 heteroatoms. The Kier molecular flexibility index (Phi) is 5.57. The molecule has 1 N–H and O–H groups in total. The van der Waals surface area contributed by atoms with Crippen LogP contribution in [0.5, 0.6) is 5.75 Å². The highest BCUT2D eigenvalue weighted by Crippen LogP contribution is 2.29. The van der Waals surface area contributed by atoms with Gasteiger partial charge < -0.3 is 14.5 Å². The van der Waals surface area contributed by atoms with Gasteiger partial charge >= 0.3 is 5.97 Å². The molecule has 1 aromatic heterocycles. The fourth-order valence-electron chi connectivity index (χ4n) is 2.42. The lowest BCUT2D eigenvalue weighted by Crippen LogP contribution is -2.25. The second-order valence-electron chi connectivity index (χ2n) is 5.32. The summed E-state index contributed by atoms with van der Waals surface area (Å²) < 4.78 is 10.4. The number of hydrogen-bond acceptors (Lipinski definition) is 4. The average Bonchev–Trinajstić information content (AvgIpc) is 2.84. The molecule has 128 valence electrons. The summed E-state index contributed by atoms with van der Waals surface area (Å²) in [4.78, 5) is 27.4. The molecule has 0 bridgehead atoms. The first-order valence-corrected chi connectivity index (χ1v) is 7.95. The molecule has 0 saturated carbocycles. The van der Waals surface area contributed by atoms with Crippen molar-refractivity contribution in [3.63, 3.8) is 0 Å². The van der Waals surface area contributed by atoms with E-state index in [0.717, 1.165) is 0 Å². The maximum atomic E-state index is 12.7. The fourth-order valence-corrected chi connectivity index (χ4v) is 2.74. The molecule has 1 atom stereocenters. The third kappa shape index (κ3) is 3.57. The van der Waals surface area contributed by atoms with Crippen LogP contribution in [0.3, 0.4) is 0 Å². The van der Waals surface area contributed by atoms with Gasteiger partial charge in [-0.25, -0.2) is 4.79 Å². The zero-order valence-corrected chi connectivity index (χ0v) is 15.2. The maximum absolute atomic E-state index is 12.7. The second-order valence-corrected chi connectivity index (χ2v) is 6.16. The first-order chi connectivity index (χ1) is 11.3. The summed E-state index contributed by atoms with van der Waals surface area (Å²) in [5.41, 5.74) is 1.75. The third-order valence-electron chi connectivity index (χ3n) is 3.64. The van der Waals surface area contributed by atoms with Crippen molar-refractivity contribution in [1.29, 1.82) is 0 Å². The lowest BCUT2D eigenvalue weighted by molar-refractivity contribution is 0.0599. The van der Waals surface area contributed by atoms with E-state index >= 15 is 0 Å². The minimum atomic E-state index is -0.816. The molecule has 0 fully saturated rings. The Balaban J connectivity index is 2.28.